The Kier molecular flexibility index (Phi) is 3.82. The van der Waals surface area contributed by atoms with Crippen molar-refractivity contribution in [2.75, 3.05) is 32.1 Å². The molecule has 2 heterocycles. The minimum atomic E-state index is 0.660. The molecule has 0 aromatic carbocycles. The van der Waals surface area contributed by atoms with E-state index in [2.05, 4.69) is 50.9 Å². The van der Waals surface area contributed by atoms with E-state index in [1.165, 1.54) is 18.5 Å². The highest BCUT2D eigenvalue weighted by Gasteiger charge is 2.21. The van der Waals surface area contributed by atoms with E-state index >= 15 is 0 Å². The summed E-state index contributed by atoms with van der Waals surface area (Å²) in [4.78, 5) is 8.97. The average molecular weight is 284 g/mol. The van der Waals surface area contributed by atoms with Gasteiger partial charge in [-0.25, -0.2) is 0 Å². The number of aromatic nitrogens is 1. The fourth-order valence-electron chi connectivity index (χ4n) is 2.18. The summed E-state index contributed by atoms with van der Waals surface area (Å²) in [6.07, 6.45) is 6.33. The van der Waals surface area contributed by atoms with E-state index in [0.717, 1.165) is 17.6 Å². The van der Waals surface area contributed by atoms with Crippen molar-refractivity contribution >= 4 is 21.6 Å². The topological polar surface area (TPSA) is 19.4 Å². The number of anilines is 1. The van der Waals surface area contributed by atoms with Crippen molar-refractivity contribution in [2.45, 2.75) is 18.9 Å². The summed E-state index contributed by atoms with van der Waals surface area (Å²) in [6, 6.07) is 2.80. The molecule has 1 aromatic rings. The first-order valence-electron chi connectivity index (χ1n) is 5.69. The van der Waals surface area contributed by atoms with E-state index in [1.807, 2.05) is 12.4 Å². The maximum atomic E-state index is 4.23. The predicted octanol–water partition coefficient (Wildman–Crippen LogP) is 2.37. The molecule has 0 N–H and O–H groups in total. The highest BCUT2D eigenvalue weighted by Crippen LogP contribution is 2.23. The van der Waals surface area contributed by atoms with Crippen LogP contribution >= 0.6 is 15.9 Å². The van der Waals surface area contributed by atoms with E-state index in [-0.39, 0.29) is 0 Å². The predicted molar refractivity (Wildman–Crippen MR) is 70.9 cm³/mol. The molecule has 4 heteroatoms. The van der Waals surface area contributed by atoms with Gasteiger partial charge in [0.2, 0.25) is 0 Å². The fourth-order valence-corrected chi connectivity index (χ4v) is 2.54. The average Bonchev–Trinajstić information content (AvgIpc) is 2.29. The molecule has 0 aliphatic carbocycles. The van der Waals surface area contributed by atoms with Crippen LogP contribution in [-0.2, 0) is 0 Å². The number of rotatable bonds is 2. The first-order valence-corrected chi connectivity index (χ1v) is 6.48. The molecule has 1 fully saturated rings. The summed E-state index contributed by atoms with van der Waals surface area (Å²) in [7, 11) is 4.32. The van der Waals surface area contributed by atoms with E-state index in [4.69, 9.17) is 0 Å². The van der Waals surface area contributed by atoms with Crippen LogP contribution in [-0.4, -0.2) is 43.1 Å². The van der Waals surface area contributed by atoms with E-state index in [0.29, 0.717) is 6.04 Å². The Balaban J connectivity index is 2.09. The van der Waals surface area contributed by atoms with Gasteiger partial charge in [0.15, 0.2) is 0 Å². The summed E-state index contributed by atoms with van der Waals surface area (Å²) >= 11 is 3.47. The van der Waals surface area contributed by atoms with Gasteiger partial charge >= 0.3 is 0 Å². The van der Waals surface area contributed by atoms with Crippen LogP contribution in [0.1, 0.15) is 12.8 Å². The van der Waals surface area contributed by atoms with Gasteiger partial charge in [0.25, 0.3) is 0 Å². The van der Waals surface area contributed by atoms with Crippen molar-refractivity contribution in [2.24, 2.45) is 0 Å². The van der Waals surface area contributed by atoms with Gasteiger partial charge in [-0.1, -0.05) is 0 Å². The largest absolute Gasteiger partial charge is 0.369 e. The number of piperidine rings is 1. The lowest BCUT2D eigenvalue weighted by molar-refractivity contribution is 0.258. The Bertz CT molecular complexity index is 354. The first-order chi connectivity index (χ1) is 7.66. The SMILES string of the molecule is CN(C)C1CCCN(c2cncc(Br)c2)C1. The lowest BCUT2D eigenvalue weighted by atomic mass is 10.0. The van der Waals surface area contributed by atoms with Gasteiger partial charge in [-0.2, -0.15) is 0 Å². The molecule has 0 bridgehead atoms. The van der Waals surface area contributed by atoms with E-state index < -0.39 is 0 Å². The minimum Gasteiger partial charge on any atom is -0.369 e. The number of pyridine rings is 1. The van der Waals surface area contributed by atoms with Crippen LogP contribution in [0.3, 0.4) is 0 Å². The van der Waals surface area contributed by atoms with Crippen LogP contribution in [0.4, 0.5) is 5.69 Å². The monoisotopic (exact) mass is 283 g/mol. The molecule has 3 nitrogen and oxygen atoms in total. The standard InChI is InChI=1S/C12H18BrN3/c1-15(2)11-4-3-5-16(9-11)12-6-10(13)7-14-8-12/h6-8,11H,3-5,9H2,1-2H3. The Morgan fingerprint density at radius 3 is 2.94 bits per heavy atom. The normalized spacial score (nSPS) is 21.5. The van der Waals surface area contributed by atoms with Gasteiger partial charge in [-0.3, -0.25) is 4.98 Å². The summed E-state index contributed by atoms with van der Waals surface area (Å²) in [5.41, 5.74) is 1.22. The van der Waals surface area contributed by atoms with Crippen LogP contribution in [0.5, 0.6) is 0 Å². The lowest BCUT2D eigenvalue weighted by Gasteiger charge is -2.37. The molecule has 1 saturated heterocycles. The molecular weight excluding hydrogens is 266 g/mol. The Morgan fingerprint density at radius 1 is 1.44 bits per heavy atom. The molecule has 1 atom stereocenters. The molecule has 0 spiro atoms. The van der Waals surface area contributed by atoms with Crippen LogP contribution in [0.2, 0.25) is 0 Å². The molecule has 16 heavy (non-hydrogen) atoms. The lowest BCUT2D eigenvalue weighted by Crippen LogP contribution is -2.45. The van der Waals surface area contributed by atoms with Crippen molar-refractivity contribution in [3.8, 4) is 0 Å². The van der Waals surface area contributed by atoms with Crippen molar-refractivity contribution in [1.29, 1.82) is 0 Å². The molecule has 1 aliphatic rings. The third-order valence-electron chi connectivity index (χ3n) is 3.18. The molecule has 1 unspecified atom stereocenters. The maximum Gasteiger partial charge on any atom is 0.0564 e. The quantitative estimate of drug-likeness (QED) is 0.831. The second-order valence-electron chi connectivity index (χ2n) is 4.57. The fraction of sp³-hybridized carbons (Fsp3) is 0.583. The van der Waals surface area contributed by atoms with Crippen molar-refractivity contribution < 1.29 is 0 Å². The van der Waals surface area contributed by atoms with Crippen molar-refractivity contribution in [1.82, 2.24) is 9.88 Å². The molecule has 0 amide bonds. The van der Waals surface area contributed by atoms with Gasteiger partial charge in [0.1, 0.15) is 0 Å². The summed E-state index contributed by atoms with van der Waals surface area (Å²) in [5.74, 6) is 0. The molecule has 0 radical (unpaired) electrons. The Hall–Kier alpha value is -0.610. The summed E-state index contributed by atoms with van der Waals surface area (Å²) in [6.45, 7) is 2.24. The molecule has 1 aliphatic heterocycles. The second-order valence-corrected chi connectivity index (χ2v) is 5.48. The smallest absolute Gasteiger partial charge is 0.0564 e. The number of halogens is 1. The van der Waals surface area contributed by atoms with Crippen LogP contribution in [0, 0.1) is 0 Å². The van der Waals surface area contributed by atoms with Crippen LogP contribution in [0.25, 0.3) is 0 Å². The van der Waals surface area contributed by atoms with Crippen LogP contribution < -0.4 is 4.90 Å². The molecule has 0 saturated carbocycles. The zero-order valence-electron chi connectivity index (χ0n) is 9.86. The molecule has 88 valence electrons. The third kappa shape index (κ3) is 2.74. The second kappa shape index (κ2) is 5.15. The molecular formula is C12H18BrN3. The van der Waals surface area contributed by atoms with Gasteiger partial charge in [-0.05, 0) is 48.9 Å². The first kappa shape index (κ1) is 11.9. The highest BCUT2D eigenvalue weighted by molar-refractivity contribution is 9.10. The number of likely N-dealkylation sites (N-methyl/N-ethyl adjacent to an activating group) is 1. The summed E-state index contributed by atoms with van der Waals surface area (Å²) < 4.78 is 1.05. The zero-order valence-corrected chi connectivity index (χ0v) is 11.4. The van der Waals surface area contributed by atoms with Crippen LogP contribution in [0.15, 0.2) is 22.9 Å². The van der Waals surface area contributed by atoms with Gasteiger partial charge in [-0.15, -0.1) is 0 Å². The number of hydrogen-bond donors (Lipinski definition) is 0. The van der Waals surface area contributed by atoms with Gasteiger partial charge in [0, 0.05) is 29.8 Å². The molecule has 2 rings (SSSR count). The van der Waals surface area contributed by atoms with Crippen molar-refractivity contribution in [3.63, 3.8) is 0 Å². The minimum absolute atomic E-state index is 0.660. The molecule has 1 aromatic heterocycles. The van der Waals surface area contributed by atoms with Gasteiger partial charge in [0.05, 0.1) is 11.9 Å². The number of nitrogens with zero attached hydrogens (tertiary/aromatic N) is 3. The number of hydrogen-bond acceptors (Lipinski definition) is 3. The Morgan fingerprint density at radius 2 is 2.25 bits per heavy atom. The third-order valence-corrected chi connectivity index (χ3v) is 3.62. The highest BCUT2D eigenvalue weighted by atomic mass is 79.9. The van der Waals surface area contributed by atoms with E-state index in [9.17, 15) is 0 Å². The van der Waals surface area contributed by atoms with Gasteiger partial charge < -0.3 is 9.80 Å². The maximum absolute atomic E-state index is 4.23. The summed E-state index contributed by atoms with van der Waals surface area (Å²) in [5, 5.41) is 0. The van der Waals surface area contributed by atoms with Crippen molar-refractivity contribution in [3.05, 3.63) is 22.9 Å². The Labute approximate surface area is 106 Å². The zero-order chi connectivity index (χ0) is 11.5. The van der Waals surface area contributed by atoms with E-state index in [1.54, 1.807) is 0 Å².